The molecule has 1 aromatic rings. The van der Waals surface area contributed by atoms with Gasteiger partial charge in [0.1, 0.15) is 4.99 Å². The van der Waals surface area contributed by atoms with Crippen LogP contribution in [0, 0.1) is 0 Å². The highest BCUT2D eigenvalue weighted by molar-refractivity contribution is 7.80. The Morgan fingerprint density at radius 3 is 3.18 bits per heavy atom. The standard InChI is InChI=1S/C12H17N3OS/c1-16-9-3-2-6-15(8-9)11-7-14-5-4-10(11)12(13)17/h4-5,7,9H,2-3,6,8H2,1H3,(H2,13,17). The number of rotatable bonds is 3. The third kappa shape index (κ3) is 2.73. The summed E-state index contributed by atoms with van der Waals surface area (Å²) < 4.78 is 5.42. The highest BCUT2D eigenvalue weighted by Gasteiger charge is 2.21. The maximum atomic E-state index is 5.73. The molecule has 1 saturated heterocycles. The molecule has 0 bridgehead atoms. The van der Waals surface area contributed by atoms with Crippen molar-refractivity contribution in [1.29, 1.82) is 0 Å². The van der Waals surface area contributed by atoms with Crippen molar-refractivity contribution in [2.24, 2.45) is 5.73 Å². The summed E-state index contributed by atoms with van der Waals surface area (Å²) in [6.45, 7) is 1.87. The van der Waals surface area contributed by atoms with E-state index in [-0.39, 0.29) is 6.10 Å². The van der Waals surface area contributed by atoms with Crippen LogP contribution in [0.5, 0.6) is 0 Å². The monoisotopic (exact) mass is 251 g/mol. The number of pyridine rings is 1. The van der Waals surface area contributed by atoms with Gasteiger partial charge in [0, 0.05) is 32.0 Å². The summed E-state index contributed by atoms with van der Waals surface area (Å²) in [5.41, 5.74) is 7.64. The Labute approximate surface area is 107 Å². The third-order valence-corrected chi connectivity index (χ3v) is 3.34. The van der Waals surface area contributed by atoms with E-state index in [1.807, 2.05) is 12.3 Å². The van der Waals surface area contributed by atoms with Crippen LogP contribution in [0.4, 0.5) is 5.69 Å². The van der Waals surface area contributed by atoms with Gasteiger partial charge in [0.25, 0.3) is 0 Å². The molecule has 1 atom stereocenters. The van der Waals surface area contributed by atoms with Crippen molar-refractivity contribution in [2.45, 2.75) is 18.9 Å². The highest BCUT2D eigenvalue weighted by atomic mass is 32.1. The molecule has 0 aliphatic carbocycles. The number of nitrogens with two attached hydrogens (primary N) is 1. The summed E-state index contributed by atoms with van der Waals surface area (Å²) in [5.74, 6) is 0. The second kappa shape index (κ2) is 5.42. The Kier molecular flexibility index (Phi) is 3.91. The summed E-state index contributed by atoms with van der Waals surface area (Å²) in [7, 11) is 1.76. The van der Waals surface area contributed by atoms with Crippen LogP contribution in [0.3, 0.4) is 0 Å². The number of thiocarbonyl (C=S) groups is 1. The van der Waals surface area contributed by atoms with Crippen LogP contribution in [0.15, 0.2) is 18.5 Å². The number of hydrogen-bond acceptors (Lipinski definition) is 4. The van der Waals surface area contributed by atoms with E-state index in [9.17, 15) is 0 Å². The Balaban J connectivity index is 2.24. The first-order valence-corrected chi connectivity index (χ1v) is 6.14. The summed E-state index contributed by atoms with van der Waals surface area (Å²) in [6.07, 6.45) is 6.05. The van der Waals surface area contributed by atoms with Crippen LogP contribution in [-0.4, -0.2) is 36.3 Å². The molecule has 1 fully saturated rings. The van der Waals surface area contributed by atoms with Crippen LogP contribution < -0.4 is 10.6 Å². The Morgan fingerprint density at radius 2 is 2.47 bits per heavy atom. The van der Waals surface area contributed by atoms with Gasteiger partial charge in [0.05, 0.1) is 18.0 Å². The molecule has 2 rings (SSSR count). The predicted octanol–water partition coefficient (Wildman–Crippen LogP) is 1.33. The molecular weight excluding hydrogens is 234 g/mol. The molecular formula is C12H17N3OS. The maximum absolute atomic E-state index is 5.73. The molecule has 5 heteroatoms. The number of nitrogens with zero attached hydrogens (tertiary/aromatic N) is 2. The lowest BCUT2D eigenvalue weighted by Crippen LogP contribution is -2.40. The van der Waals surface area contributed by atoms with E-state index in [2.05, 4.69) is 9.88 Å². The fraction of sp³-hybridized carbons (Fsp3) is 0.500. The fourth-order valence-corrected chi connectivity index (χ4v) is 2.37. The van der Waals surface area contributed by atoms with Crippen LogP contribution >= 0.6 is 12.2 Å². The molecule has 0 radical (unpaired) electrons. The fourth-order valence-electron chi connectivity index (χ4n) is 2.20. The van der Waals surface area contributed by atoms with E-state index in [0.29, 0.717) is 4.99 Å². The predicted molar refractivity (Wildman–Crippen MR) is 72.4 cm³/mol. The topological polar surface area (TPSA) is 51.4 Å². The second-order valence-corrected chi connectivity index (χ2v) is 4.64. The molecule has 17 heavy (non-hydrogen) atoms. The molecule has 1 aliphatic rings. The van der Waals surface area contributed by atoms with Crippen molar-refractivity contribution in [3.8, 4) is 0 Å². The summed E-state index contributed by atoms with van der Waals surface area (Å²) in [6, 6.07) is 1.87. The zero-order valence-electron chi connectivity index (χ0n) is 9.93. The zero-order valence-corrected chi connectivity index (χ0v) is 10.7. The van der Waals surface area contributed by atoms with Gasteiger partial charge in [-0.1, -0.05) is 12.2 Å². The van der Waals surface area contributed by atoms with Crippen LogP contribution in [-0.2, 0) is 4.74 Å². The molecule has 92 valence electrons. The van der Waals surface area contributed by atoms with Crippen molar-refractivity contribution in [3.63, 3.8) is 0 Å². The van der Waals surface area contributed by atoms with E-state index >= 15 is 0 Å². The van der Waals surface area contributed by atoms with Gasteiger partial charge in [0.15, 0.2) is 0 Å². The summed E-state index contributed by atoms with van der Waals surface area (Å²) in [5, 5.41) is 0. The molecule has 4 nitrogen and oxygen atoms in total. The zero-order chi connectivity index (χ0) is 12.3. The van der Waals surface area contributed by atoms with E-state index in [0.717, 1.165) is 37.2 Å². The largest absolute Gasteiger partial charge is 0.389 e. The highest BCUT2D eigenvalue weighted by Crippen LogP contribution is 2.24. The smallest absolute Gasteiger partial charge is 0.106 e. The van der Waals surface area contributed by atoms with Crippen molar-refractivity contribution in [3.05, 3.63) is 24.0 Å². The third-order valence-electron chi connectivity index (χ3n) is 3.12. The van der Waals surface area contributed by atoms with Crippen molar-refractivity contribution < 1.29 is 4.74 Å². The first-order valence-electron chi connectivity index (χ1n) is 5.74. The SMILES string of the molecule is COC1CCCN(c2cnccc2C(N)=S)C1. The molecule has 1 aliphatic heterocycles. The first-order chi connectivity index (χ1) is 8.22. The van der Waals surface area contributed by atoms with Gasteiger partial charge in [-0.25, -0.2) is 0 Å². The lowest BCUT2D eigenvalue weighted by molar-refractivity contribution is 0.0893. The first kappa shape index (κ1) is 12.3. The normalized spacial score (nSPS) is 20.3. The van der Waals surface area contributed by atoms with Crippen molar-refractivity contribution in [1.82, 2.24) is 4.98 Å². The van der Waals surface area contributed by atoms with Gasteiger partial charge in [-0.05, 0) is 18.9 Å². The minimum atomic E-state index is 0.281. The van der Waals surface area contributed by atoms with Crippen molar-refractivity contribution in [2.75, 3.05) is 25.1 Å². The molecule has 0 aromatic carbocycles. The summed E-state index contributed by atoms with van der Waals surface area (Å²) in [4.78, 5) is 6.82. The number of hydrogen-bond donors (Lipinski definition) is 1. The average Bonchev–Trinajstić information content (AvgIpc) is 2.39. The molecule has 0 spiro atoms. The van der Waals surface area contributed by atoms with Crippen LogP contribution in [0.2, 0.25) is 0 Å². The molecule has 0 saturated carbocycles. The van der Waals surface area contributed by atoms with E-state index in [4.69, 9.17) is 22.7 Å². The lowest BCUT2D eigenvalue weighted by Gasteiger charge is -2.34. The number of ether oxygens (including phenoxy) is 1. The Hall–Kier alpha value is -1.20. The van der Waals surface area contributed by atoms with Gasteiger partial charge in [0.2, 0.25) is 0 Å². The van der Waals surface area contributed by atoms with Crippen LogP contribution in [0.1, 0.15) is 18.4 Å². The second-order valence-electron chi connectivity index (χ2n) is 4.20. The van der Waals surface area contributed by atoms with E-state index < -0.39 is 0 Å². The maximum Gasteiger partial charge on any atom is 0.106 e. The number of aromatic nitrogens is 1. The quantitative estimate of drug-likeness (QED) is 0.821. The van der Waals surface area contributed by atoms with Gasteiger partial charge >= 0.3 is 0 Å². The molecule has 1 aromatic heterocycles. The molecule has 2 N–H and O–H groups in total. The minimum absolute atomic E-state index is 0.281. The Morgan fingerprint density at radius 1 is 1.65 bits per heavy atom. The number of methoxy groups -OCH3 is 1. The molecule has 1 unspecified atom stereocenters. The number of piperidine rings is 1. The van der Waals surface area contributed by atoms with E-state index in [1.54, 1.807) is 13.3 Å². The lowest BCUT2D eigenvalue weighted by atomic mass is 10.1. The molecule has 2 heterocycles. The minimum Gasteiger partial charge on any atom is -0.389 e. The van der Waals surface area contributed by atoms with Crippen molar-refractivity contribution >= 4 is 22.9 Å². The number of anilines is 1. The van der Waals surface area contributed by atoms with Crippen LogP contribution in [0.25, 0.3) is 0 Å². The summed E-state index contributed by atoms with van der Waals surface area (Å²) >= 11 is 5.07. The van der Waals surface area contributed by atoms with Gasteiger partial charge in [-0.2, -0.15) is 0 Å². The average molecular weight is 251 g/mol. The van der Waals surface area contributed by atoms with E-state index in [1.165, 1.54) is 0 Å². The Bertz CT molecular complexity index is 410. The van der Waals surface area contributed by atoms with Gasteiger partial charge in [-0.3, -0.25) is 4.98 Å². The van der Waals surface area contributed by atoms with Gasteiger partial charge in [-0.15, -0.1) is 0 Å². The van der Waals surface area contributed by atoms with Gasteiger partial charge < -0.3 is 15.4 Å². The molecule has 0 amide bonds.